The largest absolute Gasteiger partial charge is 0.311 e. The highest BCUT2D eigenvalue weighted by Crippen LogP contribution is 2.35. The zero-order valence-electron chi connectivity index (χ0n) is 8.98. The van der Waals surface area contributed by atoms with Crippen molar-refractivity contribution < 1.29 is 8.78 Å². The van der Waals surface area contributed by atoms with Gasteiger partial charge < -0.3 is 5.32 Å². The Bertz CT molecular complexity index is 374. The molecule has 1 aliphatic rings. The quantitative estimate of drug-likeness (QED) is 0.753. The summed E-state index contributed by atoms with van der Waals surface area (Å²) in [6, 6.07) is 4.20. The summed E-state index contributed by atoms with van der Waals surface area (Å²) in [7, 11) is 0. The number of hydrogen-bond donors (Lipinski definition) is 1. The van der Waals surface area contributed by atoms with E-state index in [4.69, 9.17) is 0 Å². The molecular weight excluding hydrogens is 196 g/mol. The van der Waals surface area contributed by atoms with Gasteiger partial charge in [-0.15, -0.1) is 0 Å². The van der Waals surface area contributed by atoms with Crippen molar-refractivity contribution >= 4 is 0 Å². The van der Waals surface area contributed by atoms with Crippen molar-refractivity contribution in [3.8, 4) is 0 Å². The Morgan fingerprint density at radius 3 is 2.53 bits per heavy atom. The number of nitrogens with one attached hydrogen (secondary N) is 1. The minimum absolute atomic E-state index is 0.0374. The molecule has 0 unspecified atom stereocenters. The number of rotatable bonds is 1. The Kier molecular flexibility index (Phi) is 2.51. The van der Waals surface area contributed by atoms with Crippen LogP contribution in [0.3, 0.4) is 0 Å². The molecule has 2 rings (SSSR count). The zero-order chi connectivity index (χ0) is 11.1. The van der Waals surface area contributed by atoms with Crippen LogP contribution in [0.25, 0.3) is 0 Å². The molecule has 82 valence electrons. The van der Waals surface area contributed by atoms with Gasteiger partial charge in [0.25, 0.3) is 0 Å². The molecule has 0 saturated carbocycles. The minimum Gasteiger partial charge on any atom is -0.311 e. The Hall–Kier alpha value is -0.960. The van der Waals surface area contributed by atoms with Crippen molar-refractivity contribution in [1.29, 1.82) is 0 Å². The molecule has 3 heteroatoms. The van der Waals surface area contributed by atoms with Crippen LogP contribution in [0, 0.1) is 11.6 Å². The Labute approximate surface area is 88.5 Å². The van der Waals surface area contributed by atoms with Gasteiger partial charge in [0, 0.05) is 11.5 Å². The highest BCUT2D eigenvalue weighted by Gasteiger charge is 2.35. The van der Waals surface area contributed by atoms with E-state index in [9.17, 15) is 8.78 Å². The maximum atomic E-state index is 13.1. The van der Waals surface area contributed by atoms with Crippen molar-refractivity contribution in [3.05, 3.63) is 35.4 Å². The van der Waals surface area contributed by atoms with Gasteiger partial charge in [-0.1, -0.05) is 6.07 Å². The normalized spacial score (nSPS) is 24.4. The van der Waals surface area contributed by atoms with E-state index in [0.717, 1.165) is 18.5 Å². The third kappa shape index (κ3) is 1.88. The first-order valence-corrected chi connectivity index (χ1v) is 5.21. The van der Waals surface area contributed by atoms with Crippen LogP contribution in [0.5, 0.6) is 0 Å². The predicted molar refractivity (Wildman–Crippen MR) is 55.8 cm³/mol. The van der Waals surface area contributed by atoms with Gasteiger partial charge in [0.05, 0.1) is 0 Å². The lowest BCUT2D eigenvalue weighted by Crippen LogP contribution is -2.36. The topological polar surface area (TPSA) is 12.0 Å². The van der Waals surface area contributed by atoms with Gasteiger partial charge in [-0.2, -0.15) is 0 Å². The Balaban J connectivity index is 2.33. The summed E-state index contributed by atoms with van der Waals surface area (Å²) in [5, 5.41) is 3.36. The molecule has 0 aliphatic carbocycles. The van der Waals surface area contributed by atoms with Crippen LogP contribution in [0.1, 0.15) is 31.7 Å². The van der Waals surface area contributed by atoms with Crippen LogP contribution in [-0.4, -0.2) is 12.1 Å². The monoisotopic (exact) mass is 211 g/mol. The highest BCUT2D eigenvalue weighted by molar-refractivity contribution is 5.26. The third-order valence-electron chi connectivity index (χ3n) is 3.23. The molecule has 1 N–H and O–H groups in total. The van der Waals surface area contributed by atoms with Crippen LogP contribution in [-0.2, 0) is 0 Å². The summed E-state index contributed by atoms with van der Waals surface area (Å²) in [5.41, 5.74) is 0.841. The molecule has 0 aromatic heterocycles. The number of hydrogen-bond acceptors (Lipinski definition) is 1. The molecule has 1 heterocycles. The molecule has 1 atom stereocenters. The lowest BCUT2D eigenvalue weighted by molar-refractivity contribution is 0.408. The SMILES string of the molecule is CC1(C)NCC[C@@H]1c1ccc(F)c(F)c1. The molecule has 1 aliphatic heterocycles. The maximum absolute atomic E-state index is 13.1. The summed E-state index contributed by atoms with van der Waals surface area (Å²) in [5.74, 6) is -1.27. The second-order valence-electron chi connectivity index (χ2n) is 4.66. The fraction of sp³-hybridized carbons (Fsp3) is 0.500. The molecule has 1 nitrogen and oxygen atoms in total. The smallest absolute Gasteiger partial charge is 0.159 e. The lowest BCUT2D eigenvalue weighted by atomic mass is 9.83. The van der Waals surface area contributed by atoms with Crippen LogP contribution >= 0.6 is 0 Å². The third-order valence-corrected chi connectivity index (χ3v) is 3.23. The molecular formula is C12H15F2N. The first kappa shape index (κ1) is 10.6. The van der Waals surface area contributed by atoms with Crippen LogP contribution < -0.4 is 5.32 Å². The van der Waals surface area contributed by atoms with Crippen molar-refractivity contribution in [1.82, 2.24) is 5.32 Å². The van der Waals surface area contributed by atoms with Gasteiger partial charge >= 0.3 is 0 Å². The molecule has 1 aromatic rings. The fourth-order valence-electron chi connectivity index (χ4n) is 2.34. The fourth-order valence-corrected chi connectivity index (χ4v) is 2.34. The second kappa shape index (κ2) is 3.56. The summed E-state index contributed by atoms with van der Waals surface area (Å²) in [6.45, 7) is 5.11. The van der Waals surface area contributed by atoms with E-state index in [2.05, 4.69) is 19.2 Å². The van der Waals surface area contributed by atoms with Crippen LogP contribution in [0.4, 0.5) is 8.78 Å². The van der Waals surface area contributed by atoms with Crippen molar-refractivity contribution in [2.24, 2.45) is 0 Å². The van der Waals surface area contributed by atoms with Crippen LogP contribution in [0.2, 0.25) is 0 Å². The first-order valence-electron chi connectivity index (χ1n) is 5.21. The van der Waals surface area contributed by atoms with Crippen molar-refractivity contribution in [2.75, 3.05) is 6.54 Å². The zero-order valence-corrected chi connectivity index (χ0v) is 8.98. The molecule has 1 saturated heterocycles. The second-order valence-corrected chi connectivity index (χ2v) is 4.66. The average molecular weight is 211 g/mol. The molecule has 15 heavy (non-hydrogen) atoms. The number of halogens is 2. The van der Waals surface area contributed by atoms with Gasteiger partial charge in [-0.25, -0.2) is 8.78 Å². The summed E-state index contributed by atoms with van der Waals surface area (Å²) >= 11 is 0. The predicted octanol–water partition coefficient (Wildman–Crippen LogP) is 2.82. The van der Waals surface area contributed by atoms with E-state index in [-0.39, 0.29) is 11.5 Å². The van der Waals surface area contributed by atoms with Crippen LogP contribution in [0.15, 0.2) is 18.2 Å². The van der Waals surface area contributed by atoms with Gasteiger partial charge in [0.2, 0.25) is 0 Å². The summed E-state index contributed by atoms with van der Waals surface area (Å²) < 4.78 is 25.9. The van der Waals surface area contributed by atoms with E-state index < -0.39 is 11.6 Å². The number of benzene rings is 1. The molecule has 0 radical (unpaired) electrons. The van der Waals surface area contributed by atoms with E-state index >= 15 is 0 Å². The van der Waals surface area contributed by atoms with Gasteiger partial charge in [0.15, 0.2) is 11.6 Å². The van der Waals surface area contributed by atoms with Gasteiger partial charge in [0.1, 0.15) is 0 Å². The molecule has 0 amide bonds. The molecule has 0 spiro atoms. The average Bonchev–Trinajstić information content (AvgIpc) is 2.50. The van der Waals surface area contributed by atoms with Crippen molar-refractivity contribution in [2.45, 2.75) is 31.7 Å². The summed E-state index contributed by atoms with van der Waals surface area (Å²) in [4.78, 5) is 0. The first-order chi connectivity index (χ1) is 7.00. The Morgan fingerprint density at radius 2 is 2.00 bits per heavy atom. The maximum Gasteiger partial charge on any atom is 0.159 e. The lowest BCUT2D eigenvalue weighted by Gasteiger charge is -2.27. The van der Waals surface area contributed by atoms with E-state index in [1.54, 1.807) is 6.07 Å². The minimum atomic E-state index is -0.775. The van der Waals surface area contributed by atoms with Gasteiger partial charge in [-0.05, 0) is 44.5 Å². The van der Waals surface area contributed by atoms with Crippen molar-refractivity contribution in [3.63, 3.8) is 0 Å². The van der Waals surface area contributed by atoms with E-state index in [1.807, 2.05) is 0 Å². The Morgan fingerprint density at radius 1 is 1.27 bits per heavy atom. The van der Waals surface area contributed by atoms with E-state index in [0.29, 0.717) is 0 Å². The van der Waals surface area contributed by atoms with Gasteiger partial charge in [-0.3, -0.25) is 0 Å². The molecule has 1 aromatic carbocycles. The molecule has 1 fully saturated rings. The standard InChI is InChI=1S/C12H15F2N/c1-12(2)9(5-6-15-12)8-3-4-10(13)11(14)7-8/h3-4,7,9,15H,5-6H2,1-2H3/t9-/m1/s1. The highest BCUT2D eigenvalue weighted by atomic mass is 19.2. The van der Waals surface area contributed by atoms with E-state index in [1.165, 1.54) is 12.1 Å². The summed E-state index contributed by atoms with van der Waals surface area (Å²) in [6.07, 6.45) is 0.970. The molecule has 0 bridgehead atoms.